The van der Waals surface area contributed by atoms with Gasteiger partial charge < -0.3 is 98.4 Å². The van der Waals surface area contributed by atoms with E-state index in [1.807, 2.05) is 0 Å². The second-order valence-corrected chi connectivity index (χ2v) is 24.8. The number of aromatic nitrogens is 12. The Hall–Kier alpha value is -5.00. The smallest absolute Gasteiger partial charge is 0.313 e. The molecule has 0 aliphatic carbocycles. The van der Waals surface area contributed by atoms with Crippen molar-refractivity contribution in [1.29, 1.82) is 0 Å². The van der Waals surface area contributed by atoms with Crippen LogP contribution in [0.5, 0.6) is 0 Å². The largest absolute Gasteiger partial charge is 0.756 e. The lowest BCUT2D eigenvalue weighted by Crippen LogP contribution is -2.46. The van der Waals surface area contributed by atoms with Crippen molar-refractivity contribution >= 4 is 90.3 Å². The van der Waals surface area contributed by atoms with Gasteiger partial charge >= 0.3 is 5.65 Å². The third-order valence-electron chi connectivity index (χ3n) is 12.2. The molecule has 8 unspecified atom stereocenters. The number of nitrogen functional groups attached to an aromatic ring is 2. The van der Waals surface area contributed by atoms with Crippen LogP contribution in [0.4, 0.5) is 17.7 Å². The molecule has 0 aromatic carbocycles. The number of aromatic amines is 2. The summed E-state index contributed by atoms with van der Waals surface area (Å²) in [5.41, 5.74) is 9.45. The lowest BCUT2D eigenvalue weighted by molar-refractivity contribution is -0.745. The van der Waals surface area contributed by atoms with E-state index < -0.39 is 144 Å². The third kappa shape index (κ3) is 12.6. The molecule has 446 valence electrons. The Kier molecular flexibility index (Phi) is 17.1. The van der Waals surface area contributed by atoms with Crippen LogP contribution in [0.3, 0.4) is 0 Å². The molecule has 3 saturated heterocycles. The first-order valence-electron chi connectivity index (χ1n) is 22.7. The van der Waals surface area contributed by atoms with Gasteiger partial charge in [0.25, 0.3) is 56.2 Å². The normalized spacial score (nSPS) is 29.9. The molecule has 6 aromatic heterocycles. The van der Waals surface area contributed by atoms with E-state index in [0.717, 1.165) is 46.9 Å². The highest BCUT2D eigenvalue weighted by Gasteiger charge is 2.52. The summed E-state index contributed by atoms with van der Waals surface area (Å²) in [6.07, 6.45) is -15.9. The number of H-pyrrole nitrogens is 2. The molecular weight excluding hydrogens is 1210 g/mol. The van der Waals surface area contributed by atoms with Crippen LogP contribution in [0.15, 0.2) is 34.9 Å². The van der Waals surface area contributed by atoms with Crippen LogP contribution in [-0.2, 0) is 84.6 Å². The summed E-state index contributed by atoms with van der Waals surface area (Å²) in [4.78, 5) is 118. The number of hydrogen-bond donors (Lipinski definition) is 8. The van der Waals surface area contributed by atoms with Crippen LogP contribution in [-0.4, -0.2) is 165 Å². The first-order valence-corrected chi connectivity index (χ1v) is 30.0. The summed E-state index contributed by atoms with van der Waals surface area (Å²) in [6, 6.07) is 0. The van der Waals surface area contributed by atoms with Gasteiger partial charge in [-0.05, 0) is 0 Å². The highest BCUT2D eigenvalue weighted by Crippen LogP contribution is 2.67. The van der Waals surface area contributed by atoms with Gasteiger partial charge in [0.05, 0.1) is 39.5 Å². The molecule has 9 rings (SSSR count). The number of phosphoric acid groups is 5. The fourth-order valence-corrected chi connectivity index (χ4v) is 14.5. The molecule has 47 heteroatoms. The zero-order chi connectivity index (χ0) is 58.9. The van der Waals surface area contributed by atoms with E-state index in [0.29, 0.717) is 0 Å². The Morgan fingerprint density at radius 1 is 0.667 bits per heavy atom. The Morgan fingerprint density at radius 2 is 1.21 bits per heavy atom. The molecule has 0 amide bonds. The van der Waals surface area contributed by atoms with Crippen molar-refractivity contribution in [3.63, 3.8) is 0 Å². The molecule has 0 bridgehead atoms. The average molecular weight is 1250 g/mol. The van der Waals surface area contributed by atoms with Crippen LogP contribution >= 0.6 is 39.1 Å². The van der Waals surface area contributed by atoms with E-state index in [4.69, 9.17) is 44.2 Å². The molecule has 3 aliphatic rings. The average Bonchev–Trinajstić information content (AvgIpc) is 4.32. The maximum Gasteiger partial charge on any atom is 0.313 e. The number of rotatable bonds is 23. The van der Waals surface area contributed by atoms with Crippen molar-refractivity contribution in [3.05, 3.63) is 46.0 Å². The maximum atomic E-state index is 13.6. The topological polar surface area (TPSA) is 598 Å². The van der Waals surface area contributed by atoms with Crippen LogP contribution in [0.2, 0.25) is 0 Å². The van der Waals surface area contributed by atoms with Gasteiger partial charge in [0.15, 0.2) is 41.4 Å². The number of nitrogens with zero attached hydrogens (tertiary/aromatic N) is 10. The number of hydrogen-bond acceptors (Lipinski definition) is 36. The molecule has 3 aliphatic heterocycles. The summed E-state index contributed by atoms with van der Waals surface area (Å²) in [5, 5.41) is 35.5. The van der Waals surface area contributed by atoms with Gasteiger partial charge in [0.1, 0.15) is 66.8 Å². The van der Waals surface area contributed by atoms with Gasteiger partial charge in [-0.25, -0.2) is 37.4 Å². The molecule has 0 spiro atoms. The molecular formula is C34H44N15O27P5-4. The van der Waals surface area contributed by atoms with E-state index in [1.165, 1.54) is 25.0 Å². The van der Waals surface area contributed by atoms with Crippen LogP contribution in [0.1, 0.15) is 18.7 Å². The number of ether oxygens (including phenoxy) is 5. The van der Waals surface area contributed by atoms with E-state index in [-0.39, 0.29) is 51.2 Å². The fourth-order valence-electron chi connectivity index (χ4n) is 8.84. The number of aliphatic hydroxyl groups excluding tert-OH is 3. The van der Waals surface area contributed by atoms with Crippen LogP contribution < -0.4 is 56.9 Å². The van der Waals surface area contributed by atoms with Crippen LogP contribution in [0, 0.1) is 0 Å². The second kappa shape index (κ2) is 22.9. The Bertz CT molecular complexity index is 3710. The highest BCUT2D eigenvalue weighted by atomic mass is 31.3. The Balaban J connectivity index is 0.856. The number of nitrogens with two attached hydrogens (primary N) is 2. The lowest BCUT2D eigenvalue weighted by Gasteiger charge is -2.36. The lowest BCUT2D eigenvalue weighted by atomic mass is 10.1. The van der Waals surface area contributed by atoms with Crippen molar-refractivity contribution in [2.24, 2.45) is 7.05 Å². The standard InChI is InChI=1S/C34H48N15O27P5/c1-37-24-15-25(39-8-38-24)47(9-40-15)32-23(66-4)22(73-77(55,56)67-5-12-18(50)19(51)30(70-12)48-10-41-16-26(48)42-33(35)44-28(16)53)14(72-32)7-69-79(59,60)75-81(63,64)76-80(61,62)74-78(57,58)68-6-13-21(65-3)20(52)31(71-13)49-11-46(2)17-27(49)43-34(36)45-29(17)54/h8-14,18-23,30-32,50-52H,5-7H2,1-4H3,(H11-,35,36,37,38,39,42,43,44,45,53,54,55,56,57,58,59,60,61,62,63,64)/p-4/t12-,13-,14-,18+,19?,20+,21?,22+,23?,30-,31-,32-/m1/s1. The minimum absolute atomic E-state index is 0.00904. The van der Waals surface area contributed by atoms with Gasteiger partial charge in [-0.3, -0.25) is 56.1 Å². The van der Waals surface area contributed by atoms with Gasteiger partial charge in [-0.15, -0.1) is 0 Å². The first-order chi connectivity index (χ1) is 37.9. The maximum absolute atomic E-state index is 13.6. The van der Waals surface area contributed by atoms with E-state index >= 15 is 0 Å². The molecule has 42 nitrogen and oxygen atoms in total. The molecule has 17 atom stereocenters. The number of imidazole rings is 3. The molecule has 81 heavy (non-hydrogen) atoms. The minimum Gasteiger partial charge on any atom is -0.756 e. The second-order valence-electron chi connectivity index (χ2n) is 17.3. The quantitative estimate of drug-likeness (QED) is 0.0218. The fraction of sp³-hybridized carbons (Fsp3) is 0.559. The molecule has 0 radical (unpaired) electrons. The summed E-state index contributed by atoms with van der Waals surface area (Å²) in [5.74, 6) is -0.475. The van der Waals surface area contributed by atoms with Gasteiger partial charge in [0.2, 0.25) is 17.7 Å². The van der Waals surface area contributed by atoms with E-state index in [9.17, 15) is 72.2 Å². The highest BCUT2D eigenvalue weighted by molar-refractivity contribution is 7.68. The van der Waals surface area contributed by atoms with Crippen molar-refractivity contribution in [2.45, 2.75) is 73.6 Å². The predicted molar refractivity (Wildman–Crippen MR) is 249 cm³/mol. The number of fused-ring (bicyclic) bond motifs is 3. The summed E-state index contributed by atoms with van der Waals surface area (Å²) < 4.78 is 128. The number of aliphatic hydroxyl groups is 3. The number of nitrogens with one attached hydrogen (secondary N) is 3. The van der Waals surface area contributed by atoms with Gasteiger partial charge in [-0.2, -0.15) is 4.98 Å². The molecule has 3 fully saturated rings. The summed E-state index contributed by atoms with van der Waals surface area (Å²) in [7, 11) is -27.1. The first kappa shape index (κ1) is 60.6. The molecule has 0 saturated carbocycles. The zero-order valence-corrected chi connectivity index (χ0v) is 45.8. The number of phosphoric ester groups is 3. The van der Waals surface area contributed by atoms with Crippen molar-refractivity contribution in [1.82, 2.24) is 53.6 Å². The van der Waals surface area contributed by atoms with Crippen LogP contribution in [0.25, 0.3) is 33.5 Å². The number of methoxy groups -OCH3 is 2. The Morgan fingerprint density at radius 3 is 1.84 bits per heavy atom. The SMILES string of the molecule is CNc1ncnc2c1ncn2[C@@H]1O[C@H](COP(=O)([O-])OP(=O)([O-])OP(=O)([O-])OP(=O)([O-])OC[C@H]2O[C@@H]([n+]3cn(C)c4c(=O)[nH]c(N)nc43)[C@@H](O)C2OC)[C@H](OP(=O)([O-])OC[C@H]2O[C@@H](n3cnc4c(=O)[nH]c(N)nc43)C(O)[C@H]2O)C1OC. The summed E-state index contributed by atoms with van der Waals surface area (Å²) in [6.45, 7) is -3.76. The van der Waals surface area contributed by atoms with Gasteiger partial charge in [-0.1, -0.05) is 4.98 Å². The number of aryl methyl sites for hydroxylation is 1. The van der Waals surface area contributed by atoms with Gasteiger partial charge in [0, 0.05) is 21.3 Å². The minimum atomic E-state index is -6.85. The Labute approximate surface area is 449 Å². The summed E-state index contributed by atoms with van der Waals surface area (Å²) >= 11 is 0. The molecule has 9 heterocycles. The zero-order valence-electron chi connectivity index (χ0n) is 41.4. The van der Waals surface area contributed by atoms with Crippen molar-refractivity contribution in [2.75, 3.05) is 57.9 Å². The monoisotopic (exact) mass is 1250 g/mol. The molecule has 6 aromatic rings. The number of anilines is 3. The van der Waals surface area contributed by atoms with E-state index in [1.54, 1.807) is 0 Å². The van der Waals surface area contributed by atoms with E-state index in [2.05, 4.69) is 67.2 Å². The van der Waals surface area contributed by atoms with Crippen molar-refractivity contribution in [3.8, 4) is 0 Å². The third-order valence-corrected chi connectivity index (χ3v) is 18.9. The molecule has 10 N–H and O–H groups in total. The predicted octanol–water partition coefficient (Wildman–Crippen LogP) is -6.64. The van der Waals surface area contributed by atoms with Crippen molar-refractivity contribution < 1.29 is 122 Å².